The molecule has 0 amide bonds. The predicted octanol–water partition coefficient (Wildman–Crippen LogP) is 18.9. The third kappa shape index (κ3) is 49.8. The second-order valence-electron chi connectivity index (χ2n) is 20.6. The monoisotopic (exact) mass is 905 g/mol. The zero-order valence-electron chi connectivity index (χ0n) is 43.9. The van der Waals surface area contributed by atoms with Gasteiger partial charge in [-0.3, -0.25) is 14.4 Å². The maximum atomic E-state index is 12.8. The minimum Gasteiger partial charge on any atom is -0.462 e. The normalized spacial score (nSPS) is 12.5. The van der Waals surface area contributed by atoms with E-state index in [1.807, 2.05) is 0 Å². The molecule has 0 fully saturated rings. The highest BCUT2D eigenvalue weighted by Crippen LogP contribution is 2.18. The summed E-state index contributed by atoms with van der Waals surface area (Å²) < 4.78 is 16.9. The van der Waals surface area contributed by atoms with Crippen molar-refractivity contribution in [2.75, 3.05) is 13.2 Å². The van der Waals surface area contributed by atoms with Crippen LogP contribution < -0.4 is 0 Å². The third-order valence-corrected chi connectivity index (χ3v) is 13.6. The van der Waals surface area contributed by atoms with Crippen molar-refractivity contribution in [1.29, 1.82) is 0 Å². The molecular formula is C58H112O6. The average molecular weight is 906 g/mol. The van der Waals surface area contributed by atoms with Crippen LogP contribution in [-0.4, -0.2) is 37.2 Å². The summed E-state index contributed by atoms with van der Waals surface area (Å²) in [6.45, 7) is 11.4. The second-order valence-corrected chi connectivity index (χ2v) is 20.6. The van der Waals surface area contributed by atoms with Gasteiger partial charge in [-0.05, 0) is 31.1 Å². The van der Waals surface area contributed by atoms with Crippen molar-refractivity contribution in [2.45, 2.75) is 330 Å². The Morgan fingerprint density at radius 3 is 0.891 bits per heavy atom. The third-order valence-electron chi connectivity index (χ3n) is 13.6. The fourth-order valence-corrected chi connectivity index (χ4v) is 8.84. The summed E-state index contributed by atoms with van der Waals surface area (Å²) in [4.78, 5) is 38.1. The van der Waals surface area contributed by atoms with Crippen molar-refractivity contribution >= 4 is 17.9 Å². The van der Waals surface area contributed by atoms with Crippen molar-refractivity contribution in [3.63, 3.8) is 0 Å². The van der Waals surface area contributed by atoms with Crippen LogP contribution in [0.2, 0.25) is 0 Å². The quantitative estimate of drug-likeness (QED) is 0.0344. The minimum absolute atomic E-state index is 0.0627. The summed E-state index contributed by atoms with van der Waals surface area (Å²) in [5.74, 6) is 0.873. The lowest BCUT2D eigenvalue weighted by Gasteiger charge is -2.18. The van der Waals surface area contributed by atoms with Crippen molar-refractivity contribution in [2.24, 2.45) is 11.8 Å². The zero-order valence-corrected chi connectivity index (χ0v) is 43.9. The number of carbonyl (C=O) groups is 3. The molecule has 1 unspecified atom stereocenters. The van der Waals surface area contributed by atoms with E-state index in [4.69, 9.17) is 14.2 Å². The van der Waals surface area contributed by atoms with E-state index in [1.54, 1.807) is 0 Å². The van der Waals surface area contributed by atoms with Gasteiger partial charge in [0.15, 0.2) is 6.10 Å². The molecule has 6 nitrogen and oxygen atoms in total. The molecule has 64 heavy (non-hydrogen) atoms. The number of unbranched alkanes of at least 4 members (excludes halogenated alkanes) is 36. The maximum Gasteiger partial charge on any atom is 0.306 e. The maximum absolute atomic E-state index is 12.8. The first-order valence-corrected chi connectivity index (χ1v) is 28.8. The topological polar surface area (TPSA) is 78.9 Å². The van der Waals surface area contributed by atoms with Gasteiger partial charge in [-0.25, -0.2) is 0 Å². The molecular weight excluding hydrogens is 793 g/mol. The molecule has 0 bridgehead atoms. The number of hydrogen-bond donors (Lipinski definition) is 0. The fourth-order valence-electron chi connectivity index (χ4n) is 8.84. The summed E-state index contributed by atoms with van der Waals surface area (Å²) in [6, 6.07) is 0. The Labute approximate surface area is 399 Å². The van der Waals surface area contributed by atoms with E-state index in [2.05, 4.69) is 34.6 Å². The Kier molecular flexibility index (Phi) is 49.6. The van der Waals surface area contributed by atoms with Crippen molar-refractivity contribution in [1.82, 2.24) is 0 Å². The number of rotatable bonds is 52. The number of hydrogen-bond acceptors (Lipinski definition) is 6. The molecule has 0 N–H and O–H groups in total. The average Bonchev–Trinajstić information content (AvgIpc) is 3.28. The Bertz CT molecular complexity index is 980. The smallest absolute Gasteiger partial charge is 0.306 e. The van der Waals surface area contributed by atoms with E-state index >= 15 is 0 Å². The first-order valence-electron chi connectivity index (χ1n) is 28.8. The summed E-state index contributed by atoms with van der Waals surface area (Å²) >= 11 is 0. The first kappa shape index (κ1) is 62.4. The van der Waals surface area contributed by atoms with E-state index in [-0.39, 0.29) is 31.1 Å². The van der Waals surface area contributed by atoms with Crippen LogP contribution >= 0.6 is 0 Å². The highest BCUT2D eigenvalue weighted by Gasteiger charge is 2.19. The number of esters is 3. The zero-order chi connectivity index (χ0) is 46.8. The van der Waals surface area contributed by atoms with Crippen LogP contribution in [-0.2, 0) is 28.6 Å². The van der Waals surface area contributed by atoms with Gasteiger partial charge in [0.1, 0.15) is 13.2 Å². The van der Waals surface area contributed by atoms with E-state index < -0.39 is 6.10 Å². The van der Waals surface area contributed by atoms with E-state index in [0.29, 0.717) is 19.3 Å². The molecule has 380 valence electrons. The first-order chi connectivity index (χ1) is 31.3. The summed E-state index contributed by atoms with van der Waals surface area (Å²) in [6.07, 6.45) is 53.7. The molecule has 2 atom stereocenters. The van der Waals surface area contributed by atoms with E-state index in [0.717, 1.165) is 69.6 Å². The van der Waals surface area contributed by atoms with Crippen LogP contribution in [0.3, 0.4) is 0 Å². The lowest BCUT2D eigenvalue weighted by Crippen LogP contribution is -2.30. The lowest BCUT2D eigenvalue weighted by molar-refractivity contribution is -0.167. The Morgan fingerprint density at radius 1 is 0.328 bits per heavy atom. The summed E-state index contributed by atoms with van der Waals surface area (Å²) in [5.41, 5.74) is 0. The summed E-state index contributed by atoms with van der Waals surface area (Å²) in [7, 11) is 0. The Hall–Kier alpha value is -1.59. The molecule has 0 saturated heterocycles. The standard InChI is InChI=1S/C58H112O6/c1-6-8-9-10-11-12-13-14-15-19-22-28-33-38-43-48-56(59)62-51-55(52-63-57(60)49-44-39-34-29-25-24-27-32-37-42-47-54(5)7-2)64-58(61)50-45-40-35-30-23-20-17-16-18-21-26-31-36-41-46-53(3)4/h53-55H,6-52H2,1-5H3/t54?,55-/m1/s1. The van der Waals surface area contributed by atoms with Crippen LogP contribution in [0.4, 0.5) is 0 Å². The largest absolute Gasteiger partial charge is 0.462 e. The SMILES string of the molecule is CCCCCCCCCCCCCCCCCC(=O)OC[C@H](COC(=O)CCCCCCCCCCCCC(C)CC)OC(=O)CCCCCCCCCCCCCCCCC(C)C. The van der Waals surface area contributed by atoms with Gasteiger partial charge in [0.2, 0.25) is 0 Å². The second kappa shape index (κ2) is 50.8. The highest BCUT2D eigenvalue weighted by molar-refractivity contribution is 5.71. The molecule has 0 saturated carbocycles. The van der Waals surface area contributed by atoms with Crippen LogP contribution in [0.1, 0.15) is 324 Å². The van der Waals surface area contributed by atoms with Crippen LogP contribution in [0.5, 0.6) is 0 Å². The molecule has 0 aromatic heterocycles. The van der Waals surface area contributed by atoms with Crippen LogP contribution in [0.15, 0.2) is 0 Å². The van der Waals surface area contributed by atoms with Gasteiger partial charge < -0.3 is 14.2 Å². The van der Waals surface area contributed by atoms with Crippen molar-refractivity contribution in [3.05, 3.63) is 0 Å². The molecule has 0 aliphatic rings. The van der Waals surface area contributed by atoms with Gasteiger partial charge in [0, 0.05) is 19.3 Å². The van der Waals surface area contributed by atoms with Gasteiger partial charge >= 0.3 is 17.9 Å². The molecule has 0 aromatic carbocycles. The molecule has 6 heteroatoms. The number of carbonyl (C=O) groups excluding carboxylic acids is 3. The van der Waals surface area contributed by atoms with Crippen LogP contribution in [0.25, 0.3) is 0 Å². The Balaban J connectivity index is 4.31. The molecule has 0 aromatic rings. The van der Waals surface area contributed by atoms with E-state index in [1.165, 1.54) is 212 Å². The summed E-state index contributed by atoms with van der Waals surface area (Å²) in [5, 5.41) is 0. The number of ether oxygens (including phenoxy) is 3. The predicted molar refractivity (Wildman–Crippen MR) is 275 cm³/mol. The molecule has 0 heterocycles. The lowest BCUT2D eigenvalue weighted by atomic mass is 9.99. The molecule has 0 radical (unpaired) electrons. The van der Waals surface area contributed by atoms with Crippen molar-refractivity contribution in [3.8, 4) is 0 Å². The molecule has 0 rings (SSSR count). The highest BCUT2D eigenvalue weighted by atomic mass is 16.6. The molecule has 0 spiro atoms. The Morgan fingerprint density at radius 2 is 0.594 bits per heavy atom. The van der Waals surface area contributed by atoms with Gasteiger partial charge in [0.05, 0.1) is 0 Å². The van der Waals surface area contributed by atoms with Gasteiger partial charge in [0.25, 0.3) is 0 Å². The molecule has 0 aliphatic carbocycles. The van der Waals surface area contributed by atoms with Gasteiger partial charge in [-0.15, -0.1) is 0 Å². The fraction of sp³-hybridized carbons (Fsp3) is 0.948. The minimum atomic E-state index is -0.763. The van der Waals surface area contributed by atoms with E-state index in [9.17, 15) is 14.4 Å². The molecule has 0 aliphatic heterocycles. The van der Waals surface area contributed by atoms with Gasteiger partial charge in [-0.1, -0.05) is 285 Å². The van der Waals surface area contributed by atoms with Gasteiger partial charge in [-0.2, -0.15) is 0 Å². The van der Waals surface area contributed by atoms with Crippen LogP contribution in [0, 0.1) is 11.8 Å². The van der Waals surface area contributed by atoms with Crippen molar-refractivity contribution < 1.29 is 28.6 Å².